The van der Waals surface area contributed by atoms with Gasteiger partial charge in [0.2, 0.25) is 0 Å². The summed E-state index contributed by atoms with van der Waals surface area (Å²) >= 11 is -1.04. The molecule has 160 valence electrons. The molecule has 0 fully saturated rings. The van der Waals surface area contributed by atoms with Crippen molar-refractivity contribution in [3.05, 3.63) is 70.5 Å². The quantitative estimate of drug-likeness (QED) is 0.410. The van der Waals surface area contributed by atoms with Crippen LogP contribution in [0.5, 0.6) is 0 Å². The van der Waals surface area contributed by atoms with E-state index < -0.39 is 25.0 Å². The Labute approximate surface area is 175 Å². The number of halogens is 1. The van der Waals surface area contributed by atoms with Crippen molar-refractivity contribution in [1.82, 2.24) is 0 Å². The summed E-state index contributed by atoms with van der Waals surface area (Å²) in [5.74, 6) is -1.33. The molecule has 30 heavy (non-hydrogen) atoms. The standard InChI is InChI=1S/C20H17FO3S.H3O4P/c1-12-17(9-13-3-6-15(7-4-13)25(2)24)16-8-5-14(21)10-19(16)18(12)11-20(22)23;1-5(2,3)4/h3-10H,11H2,1-2H3,(H,22,23);(H3,1,2,3,4)/b17-9-;. The lowest BCUT2D eigenvalue weighted by Crippen LogP contribution is -1.97. The zero-order valence-corrected chi connectivity index (χ0v) is 17.8. The smallest absolute Gasteiger partial charge is 0.466 e. The third-order valence-corrected chi connectivity index (χ3v) is 5.24. The molecule has 3 rings (SSSR count). The molecule has 0 amide bonds. The van der Waals surface area contributed by atoms with Crippen LogP contribution in [-0.4, -0.2) is 36.6 Å². The van der Waals surface area contributed by atoms with Crippen LogP contribution in [0.4, 0.5) is 4.39 Å². The predicted octanol–water partition coefficient (Wildman–Crippen LogP) is 3.44. The minimum atomic E-state index is -4.64. The minimum Gasteiger partial charge on any atom is -0.612 e. The zero-order valence-electron chi connectivity index (χ0n) is 16.1. The first-order chi connectivity index (χ1) is 13.9. The second kappa shape index (κ2) is 9.70. The van der Waals surface area contributed by atoms with Gasteiger partial charge in [-0.25, -0.2) is 8.96 Å². The summed E-state index contributed by atoms with van der Waals surface area (Å²) in [6.07, 6.45) is 3.43. The van der Waals surface area contributed by atoms with E-state index in [2.05, 4.69) is 0 Å². The fraction of sp³-hybridized carbons (Fsp3) is 0.150. The third kappa shape index (κ3) is 6.63. The van der Waals surface area contributed by atoms with Gasteiger partial charge >= 0.3 is 13.8 Å². The van der Waals surface area contributed by atoms with Gasteiger partial charge in [0.25, 0.3) is 0 Å². The lowest BCUT2D eigenvalue weighted by Gasteiger charge is -2.06. The van der Waals surface area contributed by atoms with Crippen LogP contribution in [0.15, 0.2) is 52.9 Å². The molecular formula is C20H20FO7PS. The maximum absolute atomic E-state index is 13.7. The van der Waals surface area contributed by atoms with Crippen LogP contribution < -0.4 is 0 Å². The first kappa shape index (κ1) is 24.0. The van der Waals surface area contributed by atoms with Crippen molar-refractivity contribution in [2.75, 3.05) is 6.26 Å². The number of benzene rings is 2. The van der Waals surface area contributed by atoms with Gasteiger partial charge in [0.15, 0.2) is 4.90 Å². The van der Waals surface area contributed by atoms with Gasteiger partial charge in [-0.3, -0.25) is 4.79 Å². The molecule has 0 bridgehead atoms. The number of carbonyl (C=O) groups is 1. The van der Waals surface area contributed by atoms with Crippen molar-refractivity contribution in [1.29, 1.82) is 0 Å². The molecule has 0 spiro atoms. The number of carboxylic acid groups (broad SMARTS) is 1. The first-order valence-corrected chi connectivity index (χ1v) is 11.6. The monoisotopic (exact) mass is 454 g/mol. The van der Waals surface area contributed by atoms with E-state index in [1.165, 1.54) is 12.1 Å². The summed E-state index contributed by atoms with van der Waals surface area (Å²) in [5.41, 5.74) is 4.74. The Balaban J connectivity index is 0.000000575. The minimum absolute atomic E-state index is 0.145. The van der Waals surface area contributed by atoms with E-state index in [-0.39, 0.29) is 12.2 Å². The summed E-state index contributed by atoms with van der Waals surface area (Å²) in [7, 11) is -4.64. The second-order valence-electron chi connectivity index (χ2n) is 6.46. The average molecular weight is 454 g/mol. The largest absolute Gasteiger partial charge is 0.612 e. The summed E-state index contributed by atoms with van der Waals surface area (Å²) in [6.45, 7) is 1.86. The Bertz CT molecular complexity index is 1050. The van der Waals surface area contributed by atoms with E-state index >= 15 is 0 Å². The van der Waals surface area contributed by atoms with Crippen LogP contribution in [0, 0.1) is 5.82 Å². The van der Waals surface area contributed by atoms with Crippen molar-refractivity contribution in [2.45, 2.75) is 18.2 Å². The highest BCUT2D eigenvalue weighted by molar-refractivity contribution is 7.90. The van der Waals surface area contributed by atoms with Crippen LogP contribution in [-0.2, 0) is 20.5 Å². The van der Waals surface area contributed by atoms with Crippen LogP contribution in [0.1, 0.15) is 30.0 Å². The highest BCUT2D eigenvalue weighted by atomic mass is 32.2. The Morgan fingerprint density at radius 1 is 1.13 bits per heavy atom. The third-order valence-electron chi connectivity index (χ3n) is 4.30. The van der Waals surface area contributed by atoms with E-state index in [1.54, 1.807) is 24.5 Å². The number of hydrogen-bond acceptors (Lipinski definition) is 3. The fourth-order valence-electron chi connectivity index (χ4n) is 3.05. The SMILES string of the molecule is CC1=C(CC(=O)O)c2cc(F)ccc2/C1=C\c1ccc([S+](C)[O-])cc1.O=P(O)(O)O. The lowest BCUT2D eigenvalue weighted by atomic mass is 10.0. The van der Waals surface area contributed by atoms with Crippen molar-refractivity contribution >= 4 is 42.2 Å². The maximum atomic E-state index is 13.7. The predicted molar refractivity (Wildman–Crippen MR) is 112 cm³/mol. The normalized spacial score (nSPS) is 15.5. The topological polar surface area (TPSA) is 138 Å². The number of carboxylic acids is 1. The van der Waals surface area contributed by atoms with Gasteiger partial charge in [0, 0.05) is 0 Å². The van der Waals surface area contributed by atoms with Crippen molar-refractivity contribution in [3.63, 3.8) is 0 Å². The van der Waals surface area contributed by atoms with Gasteiger partial charge < -0.3 is 24.3 Å². The van der Waals surface area contributed by atoms with Crippen molar-refractivity contribution in [2.24, 2.45) is 0 Å². The Hall–Kier alpha value is -2.26. The molecule has 2 aromatic rings. The highest BCUT2D eigenvalue weighted by Gasteiger charge is 2.25. The Morgan fingerprint density at radius 2 is 1.70 bits per heavy atom. The molecule has 0 saturated heterocycles. The number of allylic oxidation sites excluding steroid dienone is 2. The van der Waals surface area contributed by atoms with Crippen molar-refractivity contribution < 1.29 is 38.1 Å². The molecule has 0 heterocycles. The van der Waals surface area contributed by atoms with E-state index in [4.69, 9.17) is 24.4 Å². The van der Waals surface area contributed by atoms with Gasteiger partial charge in [0.05, 0.1) is 6.42 Å². The molecule has 2 aromatic carbocycles. The van der Waals surface area contributed by atoms with Crippen LogP contribution in [0.3, 0.4) is 0 Å². The summed E-state index contributed by atoms with van der Waals surface area (Å²) in [6, 6.07) is 11.8. The summed E-state index contributed by atoms with van der Waals surface area (Å²) in [5, 5.41) is 9.17. The number of fused-ring (bicyclic) bond motifs is 1. The lowest BCUT2D eigenvalue weighted by molar-refractivity contribution is -0.135. The fourth-order valence-corrected chi connectivity index (χ4v) is 3.57. The number of aliphatic carboxylic acids is 1. The second-order valence-corrected chi connectivity index (χ2v) is 8.86. The Kier molecular flexibility index (Phi) is 7.76. The summed E-state index contributed by atoms with van der Waals surface area (Å²) in [4.78, 5) is 33.5. The first-order valence-electron chi connectivity index (χ1n) is 8.52. The van der Waals surface area contributed by atoms with Gasteiger partial charge in [-0.1, -0.05) is 6.07 Å². The van der Waals surface area contributed by atoms with Crippen LogP contribution in [0.2, 0.25) is 0 Å². The Morgan fingerprint density at radius 3 is 2.20 bits per heavy atom. The van der Waals surface area contributed by atoms with E-state index in [1.807, 2.05) is 25.1 Å². The highest BCUT2D eigenvalue weighted by Crippen LogP contribution is 2.43. The maximum Gasteiger partial charge on any atom is 0.466 e. The molecule has 7 nitrogen and oxygen atoms in total. The number of phosphoric acid groups is 1. The summed E-state index contributed by atoms with van der Waals surface area (Å²) < 4.78 is 34.0. The van der Waals surface area contributed by atoms with Gasteiger partial charge in [-0.15, -0.1) is 0 Å². The van der Waals surface area contributed by atoms with Gasteiger partial charge in [-0.05, 0) is 94.0 Å². The molecule has 4 N–H and O–H groups in total. The molecule has 0 aliphatic heterocycles. The average Bonchev–Trinajstić information content (AvgIpc) is 2.85. The molecule has 10 heteroatoms. The zero-order chi connectivity index (χ0) is 22.6. The molecule has 1 aliphatic carbocycles. The molecule has 1 atom stereocenters. The van der Waals surface area contributed by atoms with E-state index in [9.17, 15) is 13.7 Å². The molecule has 0 aromatic heterocycles. The number of rotatable bonds is 4. The molecule has 0 saturated carbocycles. The van der Waals surface area contributed by atoms with Crippen molar-refractivity contribution in [3.8, 4) is 0 Å². The van der Waals surface area contributed by atoms with Gasteiger partial charge in [0.1, 0.15) is 12.1 Å². The van der Waals surface area contributed by atoms with E-state index in [0.717, 1.165) is 27.2 Å². The molecular weight excluding hydrogens is 434 g/mol. The van der Waals surface area contributed by atoms with Crippen LogP contribution >= 0.6 is 7.82 Å². The molecule has 1 aliphatic rings. The van der Waals surface area contributed by atoms with E-state index in [0.29, 0.717) is 11.1 Å². The molecule has 1 unspecified atom stereocenters. The van der Waals surface area contributed by atoms with Crippen LogP contribution in [0.25, 0.3) is 17.2 Å². The number of hydrogen-bond donors (Lipinski definition) is 4. The van der Waals surface area contributed by atoms with Gasteiger partial charge in [-0.2, -0.15) is 0 Å². The molecule has 0 radical (unpaired) electrons.